The van der Waals surface area contributed by atoms with Crippen LogP contribution in [0, 0.1) is 0 Å². The third-order valence-corrected chi connectivity index (χ3v) is 5.81. The first kappa shape index (κ1) is 19.1. The molecule has 29 heavy (non-hydrogen) atoms. The first-order valence-electron chi connectivity index (χ1n) is 9.54. The summed E-state index contributed by atoms with van der Waals surface area (Å²) in [7, 11) is 1.61. The van der Waals surface area contributed by atoms with Crippen molar-refractivity contribution < 1.29 is 4.74 Å². The van der Waals surface area contributed by atoms with Gasteiger partial charge in [-0.25, -0.2) is 0 Å². The summed E-state index contributed by atoms with van der Waals surface area (Å²) >= 11 is 1.34. The number of para-hydroxylation sites is 1. The molecule has 148 valence electrons. The molecule has 0 aliphatic rings. The number of methoxy groups -OCH3 is 1. The molecule has 0 aliphatic carbocycles. The van der Waals surface area contributed by atoms with Gasteiger partial charge < -0.3 is 9.64 Å². The van der Waals surface area contributed by atoms with Gasteiger partial charge in [0.1, 0.15) is 5.75 Å². The van der Waals surface area contributed by atoms with Crippen molar-refractivity contribution in [1.29, 1.82) is 0 Å². The molecule has 0 unspecified atom stereocenters. The Morgan fingerprint density at radius 1 is 1.10 bits per heavy atom. The van der Waals surface area contributed by atoms with Gasteiger partial charge in [-0.2, -0.15) is 9.50 Å². The van der Waals surface area contributed by atoms with E-state index in [9.17, 15) is 4.79 Å². The Morgan fingerprint density at radius 2 is 1.83 bits per heavy atom. The van der Waals surface area contributed by atoms with E-state index in [1.54, 1.807) is 7.11 Å². The van der Waals surface area contributed by atoms with E-state index in [1.165, 1.54) is 21.5 Å². The van der Waals surface area contributed by atoms with E-state index < -0.39 is 0 Å². The third-order valence-electron chi connectivity index (χ3n) is 4.85. The fourth-order valence-electron chi connectivity index (χ4n) is 3.30. The molecule has 0 bridgehead atoms. The molecule has 7 heteroatoms. The monoisotopic (exact) mass is 406 g/mol. The van der Waals surface area contributed by atoms with Gasteiger partial charge in [-0.15, -0.1) is 5.10 Å². The number of thiazole rings is 1. The lowest BCUT2D eigenvalue weighted by Crippen LogP contribution is -2.23. The highest BCUT2D eigenvalue weighted by molar-refractivity contribution is 7.15. The zero-order chi connectivity index (χ0) is 20.4. The molecule has 0 amide bonds. The standard InChI is InChI=1S/C22H22N4O2S/c1-4-25(5-2)16-12-10-15(11-13-16)14-19-21(27)26-22(29-19)23-20(24-26)17-8-6-7-9-18(17)28-3/h6-14H,4-5H2,1-3H3. The second kappa shape index (κ2) is 8.05. The largest absolute Gasteiger partial charge is 0.496 e. The van der Waals surface area contributed by atoms with Crippen molar-refractivity contribution in [2.45, 2.75) is 13.8 Å². The number of fused-ring (bicyclic) bond motifs is 1. The van der Waals surface area contributed by atoms with Crippen LogP contribution in [0.1, 0.15) is 19.4 Å². The SMILES string of the molecule is CCN(CC)c1ccc(C=c2sc3nc(-c4ccccc4OC)nn3c2=O)cc1. The van der Waals surface area contributed by atoms with Crippen LogP contribution in [-0.4, -0.2) is 34.8 Å². The molecule has 2 heterocycles. The lowest BCUT2D eigenvalue weighted by atomic mass is 10.2. The minimum atomic E-state index is -0.161. The van der Waals surface area contributed by atoms with Crippen molar-refractivity contribution in [1.82, 2.24) is 14.6 Å². The van der Waals surface area contributed by atoms with Crippen molar-refractivity contribution in [3.8, 4) is 17.1 Å². The average molecular weight is 407 g/mol. The van der Waals surface area contributed by atoms with Gasteiger partial charge >= 0.3 is 0 Å². The number of anilines is 1. The summed E-state index contributed by atoms with van der Waals surface area (Å²) in [5, 5.41) is 4.41. The predicted molar refractivity (Wildman–Crippen MR) is 118 cm³/mol. The summed E-state index contributed by atoms with van der Waals surface area (Å²) in [5.74, 6) is 1.17. The molecule has 0 radical (unpaired) electrons. The van der Waals surface area contributed by atoms with Gasteiger partial charge in [0.15, 0.2) is 5.82 Å². The van der Waals surface area contributed by atoms with Crippen LogP contribution in [0.4, 0.5) is 5.69 Å². The van der Waals surface area contributed by atoms with E-state index in [1.807, 2.05) is 42.5 Å². The molecule has 2 aromatic heterocycles. The molecule has 0 saturated heterocycles. The van der Waals surface area contributed by atoms with E-state index in [-0.39, 0.29) is 5.56 Å². The Hall–Kier alpha value is -3.19. The Bertz CT molecular complexity index is 1240. The lowest BCUT2D eigenvalue weighted by Gasteiger charge is -2.20. The molecular formula is C22H22N4O2S. The normalized spacial score (nSPS) is 11.9. The van der Waals surface area contributed by atoms with Crippen LogP contribution in [0.3, 0.4) is 0 Å². The van der Waals surface area contributed by atoms with Crippen LogP contribution >= 0.6 is 11.3 Å². The highest BCUT2D eigenvalue weighted by Gasteiger charge is 2.14. The number of ether oxygens (including phenoxy) is 1. The lowest BCUT2D eigenvalue weighted by molar-refractivity contribution is 0.416. The second-order valence-corrected chi connectivity index (χ2v) is 7.52. The van der Waals surface area contributed by atoms with Crippen LogP contribution in [-0.2, 0) is 0 Å². The summed E-state index contributed by atoms with van der Waals surface area (Å²) in [6, 6.07) is 15.7. The Kier molecular flexibility index (Phi) is 5.31. The zero-order valence-electron chi connectivity index (χ0n) is 16.6. The van der Waals surface area contributed by atoms with Gasteiger partial charge in [0, 0.05) is 18.8 Å². The highest BCUT2D eigenvalue weighted by Crippen LogP contribution is 2.27. The summed E-state index contributed by atoms with van der Waals surface area (Å²) in [6.45, 7) is 6.21. The molecule has 6 nitrogen and oxygen atoms in total. The summed E-state index contributed by atoms with van der Waals surface area (Å²) < 4.78 is 7.35. The molecule has 0 fully saturated rings. The molecule has 4 rings (SSSR count). The fraction of sp³-hybridized carbons (Fsp3) is 0.227. The van der Waals surface area contributed by atoms with Gasteiger partial charge in [-0.1, -0.05) is 35.6 Å². The summed E-state index contributed by atoms with van der Waals surface area (Å²) in [4.78, 5) is 20.2. The Morgan fingerprint density at radius 3 is 2.48 bits per heavy atom. The van der Waals surface area contributed by atoms with Gasteiger partial charge in [0.2, 0.25) is 4.96 Å². The predicted octanol–water partition coefficient (Wildman–Crippen LogP) is 3.22. The van der Waals surface area contributed by atoms with Crippen molar-refractivity contribution >= 4 is 28.1 Å². The van der Waals surface area contributed by atoms with Crippen LogP contribution in [0.25, 0.3) is 22.4 Å². The number of hydrogen-bond acceptors (Lipinski definition) is 6. The van der Waals surface area contributed by atoms with Crippen LogP contribution < -0.4 is 19.7 Å². The first-order chi connectivity index (χ1) is 14.1. The second-order valence-electron chi connectivity index (χ2n) is 6.51. The number of aromatic nitrogens is 3. The molecule has 0 saturated carbocycles. The topological polar surface area (TPSA) is 59.7 Å². The van der Waals surface area contributed by atoms with Crippen molar-refractivity contribution in [2.24, 2.45) is 0 Å². The van der Waals surface area contributed by atoms with E-state index in [2.05, 4.69) is 41.0 Å². The number of benzene rings is 2. The molecule has 0 spiro atoms. The number of rotatable bonds is 6. The quantitative estimate of drug-likeness (QED) is 0.492. The first-order valence-corrected chi connectivity index (χ1v) is 10.4. The number of hydrogen-bond donors (Lipinski definition) is 0. The minimum absolute atomic E-state index is 0.161. The van der Waals surface area contributed by atoms with Gasteiger partial charge in [0.25, 0.3) is 5.56 Å². The van der Waals surface area contributed by atoms with Crippen LogP contribution in [0.2, 0.25) is 0 Å². The van der Waals surface area contributed by atoms with Crippen molar-refractivity contribution in [3.05, 3.63) is 69.0 Å². The van der Waals surface area contributed by atoms with E-state index >= 15 is 0 Å². The van der Waals surface area contributed by atoms with Crippen LogP contribution in [0.5, 0.6) is 5.75 Å². The fourth-order valence-corrected chi connectivity index (χ4v) is 4.21. The molecule has 0 aliphatic heterocycles. The zero-order valence-corrected chi connectivity index (χ0v) is 17.4. The Labute approximate surface area is 172 Å². The van der Waals surface area contributed by atoms with Gasteiger partial charge in [-0.05, 0) is 49.8 Å². The summed E-state index contributed by atoms with van der Waals surface area (Å²) in [5.41, 5.74) is 2.76. The van der Waals surface area contributed by atoms with E-state index in [4.69, 9.17) is 4.74 Å². The average Bonchev–Trinajstić information content (AvgIpc) is 3.29. The molecule has 0 N–H and O–H groups in total. The van der Waals surface area contributed by atoms with E-state index in [0.717, 1.165) is 24.2 Å². The maximum absolute atomic E-state index is 12.8. The molecule has 0 atom stereocenters. The van der Waals surface area contributed by atoms with Gasteiger partial charge in [-0.3, -0.25) is 4.79 Å². The van der Waals surface area contributed by atoms with E-state index in [0.29, 0.717) is 21.1 Å². The summed E-state index contributed by atoms with van der Waals surface area (Å²) in [6.07, 6.45) is 1.89. The van der Waals surface area contributed by atoms with Crippen LogP contribution in [0.15, 0.2) is 53.3 Å². The van der Waals surface area contributed by atoms with Gasteiger partial charge in [0.05, 0.1) is 17.2 Å². The third kappa shape index (κ3) is 3.61. The molecular weight excluding hydrogens is 384 g/mol. The Balaban J connectivity index is 1.70. The number of nitrogens with zero attached hydrogens (tertiary/aromatic N) is 4. The maximum Gasteiger partial charge on any atom is 0.291 e. The minimum Gasteiger partial charge on any atom is -0.496 e. The highest BCUT2D eigenvalue weighted by atomic mass is 32.1. The maximum atomic E-state index is 12.8. The molecule has 2 aromatic carbocycles. The smallest absolute Gasteiger partial charge is 0.291 e. The molecule has 4 aromatic rings. The van der Waals surface area contributed by atoms with Crippen molar-refractivity contribution in [2.75, 3.05) is 25.1 Å². The van der Waals surface area contributed by atoms with Crippen molar-refractivity contribution in [3.63, 3.8) is 0 Å².